The summed E-state index contributed by atoms with van der Waals surface area (Å²) >= 11 is 2.07. The molecule has 0 saturated carbocycles. The summed E-state index contributed by atoms with van der Waals surface area (Å²) in [4.78, 5) is 32.5. The number of hydrogen-bond acceptors (Lipinski definition) is 7. The van der Waals surface area contributed by atoms with E-state index in [0.717, 1.165) is 12.3 Å². The van der Waals surface area contributed by atoms with Gasteiger partial charge in [-0.1, -0.05) is 0 Å². The fraction of sp³-hybridized carbons (Fsp3) is 0.158. The maximum atomic E-state index is 13.2. The summed E-state index contributed by atoms with van der Waals surface area (Å²) in [6.45, 7) is 1.79. The Labute approximate surface area is 191 Å². The van der Waals surface area contributed by atoms with Crippen molar-refractivity contribution in [3.63, 3.8) is 0 Å². The van der Waals surface area contributed by atoms with Gasteiger partial charge in [-0.3, -0.25) is 0 Å². The van der Waals surface area contributed by atoms with Crippen LogP contribution in [-0.2, 0) is 9.72 Å². The fourth-order valence-corrected chi connectivity index (χ4v) is 3.50. The van der Waals surface area contributed by atoms with E-state index in [2.05, 4.69) is 57.8 Å². The number of rotatable bonds is 4. The van der Waals surface area contributed by atoms with Crippen LogP contribution in [0.25, 0.3) is 22.3 Å². The second-order valence-electron chi connectivity index (χ2n) is 6.82. The quantitative estimate of drug-likeness (QED) is 0.200. The lowest BCUT2D eigenvalue weighted by molar-refractivity contribution is -0.137. The van der Waals surface area contributed by atoms with Crippen molar-refractivity contribution in [1.82, 2.24) is 29.9 Å². The first kappa shape index (κ1) is 21.7. The minimum Gasteiger partial charge on any atom is -0.345 e. The number of alkyl halides is 4. The summed E-state index contributed by atoms with van der Waals surface area (Å²) in [5.41, 5.74) is -0.0621. The standard InChI is InChI=1S/C19H12F3IN8O/c1-18(23,11-6-28-17(32)29-7-11)31-16-27-4-9(3-24)14(30-16)13-8-26-15-12(13)2-10(5-25-15)19(20,21)22/h2,4-8H,1H3,(H,25,26)(H,27,30,31)(H,28,29,32). The highest BCUT2D eigenvalue weighted by atomic mass is 127. The molecule has 4 aromatic rings. The van der Waals surface area contributed by atoms with Gasteiger partial charge in [0.1, 0.15) is 15.3 Å². The highest BCUT2D eigenvalue weighted by Gasteiger charge is 2.32. The monoisotopic (exact) mass is 552 g/mol. The number of H-pyrrole nitrogens is 2. The van der Waals surface area contributed by atoms with Crippen molar-refractivity contribution < 1.29 is 13.2 Å². The van der Waals surface area contributed by atoms with E-state index in [0.29, 0.717) is 5.56 Å². The molecular weight excluding hydrogens is 540 g/mol. The van der Waals surface area contributed by atoms with Crippen LogP contribution in [0.4, 0.5) is 19.1 Å². The van der Waals surface area contributed by atoms with Crippen molar-refractivity contribution in [3.8, 4) is 17.3 Å². The number of pyridine rings is 1. The number of nitriles is 1. The zero-order valence-corrected chi connectivity index (χ0v) is 18.3. The SMILES string of the molecule is CC(I)(Nc1ncc(C#N)c(-c2c[nH]c3ncc(C(F)(F)F)cc23)n1)c1cnc(=O)[nH]c1. The number of fused-ring (bicyclic) bond motifs is 1. The average molecular weight is 552 g/mol. The maximum Gasteiger partial charge on any atom is 0.417 e. The van der Waals surface area contributed by atoms with E-state index in [1.165, 1.54) is 24.8 Å². The first-order valence-electron chi connectivity index (χ1n) is 8.92. The van der Waals surface area contributed by atoms with E-state index in [-0.39, 0.29) is 33.8 Å². The second kappa shape index (κ2) is 7.86. The topological polar surface area (TPSA) is 136 Å². The summed E-state index contributed by atoms with van der Waals surface area (Å²) in [7, 11) is 0. The lowest BCUT2D eigenvalue weighted by Gasteiger charge is -2.24. The lowest BCUT2D eigenvalue weighted by atomic mass is 10.1. The van der Waals surface area contributed by atoms with Gasteiger partial charge in [-0.25, -0.2) is 24.7 Å². The van der Waals surface area contributed by atoms with Crippen LogP contribution < -0.4 is 11.0 Å². The van der Waals surface area contributed by atoms with Gasteiger partial charge in [0.25, 0.3) is 0 Å². The van der Waals surface area contributed by atoms with Gasteiger partial charge in [0.15, 0.2) is 0 Å². The van der Waals surface area contributed by atoms with Crippen molar-refractivity contribution in [2.45, 2.75) is 16.6 Å². The average Bonchev–Trinajstić information content (AvgIpc) is 3.16. The summed E-state index contributed by atoms with van der Waals surface area (Å²) in [6, 6.07) is 2.92. The first-order chi connectivity index (χ1) is 15.1. The molecule has 4 heterocycles. The molecule has 1 atom stereocenters. The van der Waals surface area contributed by atoms with E-state index >= 15 is 0 Å². The molecule has 4 rings (SSSR count). The van der Waals surface area contributed by atoms with E-state index in [1.54, 1.807) is 6.92 Å². The van der Waals surface area contributed by atoms with Gasteiger partial charge >= 0.3 is 11.9 Å². The molecule has 13 heteroatoms. The third-order valence-electron chi connectivity index (χ3n) is 4.58. The molecule has 0 aliphatic carbocycles. The van der Waals surface area contributed by atoms with Crippen molar-refractivity contribution in [1.29, 1.82) is 5.26 Å². The van der Waals surface area contributed by atoms with E-state index in [1.807, 2.05) is 6.07 Å². The number of nitrogens with zero attached hydrogens (tertiary/aromatic N) is 5. The zero-order valence-electron chi connectivity index (χ0n) is 16.1. The Bertz CT molecular complexity index is 1400. The maximum absolute atomic E-state index is 13.2. The number of halogens is 4. The minimum atomic E-state index is -4.57. The minimum absolute atomic E-state index is 0.0785. The van der Waals surface area contributed by atoms with E-state index in [9.17, 15) is 23.2 Å². The molecule has 0 saturated heterocycles. The molecule has 0 aliphatic rings. The van der Waals surface area contributed by atoms with Gasteiger partial charge in [-0.15, -0.1) is 0 Å². The Kier molecular flexibility index (Phi) is 5.33. The number of hydrogen-bond donors (Lipinski definition) is 3. The van der Waals surface area contributed by atoms with Gasteiger partial charge in [0, 0.05) is 41.3 Å². The number of anilines is 1. The molecule has 0 aromatic carbocycles. The van der Waals surface area contributed by atoms with Crippen molar-refractivity contribution in [3.05, 3.63) is 64.2 Å². The summed E-state index contributed by atoms with van der Waals surface area (Å²) < 4.78 is 38.7. The smallest absolute Gasteiger partial charge is 0.345 e. The molecule has 32 heavy (non-hydrogen) atoms. The Balaban J connectivity index is 1.79. The Morgan fingerprint density at radius 1 is 1.09 bits per heavy atom. The van der Waals surface area contributed by atoms with Crippen LogP contribution in [0.3, 0.4) is 0 Å². The van der Waals surface area contributed by atoms with E-state index < -0.39 is 21.0 Å². The normalized spacial score (nSPS) is 13.5. The lowest BCUT2D eigenvalue weighted by Crippen LogP contribution is -2.27. The van der Waals surface area contributed by atoms with Gasteiger partial charge in [-0.2, -0.15) is 18.4 Å². The van der Waals surface area contributed by atoms with Gasteiger partial charge in [0.05, 0.1) is 23.0 Å². The third kappa shape index (κ3) is 4.13. The van der Waals surface area contributed by atoms with Crippen LogP contribution in [0.2, 0.25) is 0 Å². The van der Waals surface area contributed by atoms with E-state index in [4.69, 9.17) is 0 Å². The molecule has 0 spiro atoms. The Morgan fingerprint density at radius 3 is 2.50 bits per heavy atom. The van der Waals surface area contributed by atoms with Crippen LogP contribution in [0.15, 0.2) is 41.8 Å². The van der Waals surface area contributed by atoms with Crippen LogP contribution in [0.5, 0.6) is 0 Å². The zero-order chi connectivity index (χ0) is 23.1. The molecule has 0 aliphatic heterocycles. The molecule has 0 radical (unpaired) electrons. The largest absolute Gasteiger partial charge is 0.417 e. The highest BCUT2D eigenvalue weighted by molar-refractivity contribution is 14.1. The van der Waals surface area contributed by atoms with Crippen LogP contribution in [-0.4, -0.2) is 29.9 Å². The predicted molar refractivity (Wildman–Crippen MR) is 117 cm³/mol. The molecular formula is C19H12F3IN8O. The predicted octanol–water partition coefficient (Wildman–Crippen LogP) is 3.71. The summed E-state index contributed by atoms with van der Waals surface area (Å²) in [5, 5.41) is 12.7. The summed E-state index contributed by atoms with van der Waals surface area (Å²) in [5.74, 6) is 0.122. The van der Waals surface area contributed by atoms with Crippen LogP contribution >= 0.6 is 22.6 Å². The van der Waals surface area contributed by atoms with Gasteiger partial charge in [0.2, 0.25) is 5.95 Å². The van der Waals surface area contributed by atoms with Crippen LogP contribution in [0, 0.1) is 11.3 Å². The molecule has 0 amide bonds. The summed E-state index contributed by atoms with van der Waals surface area (Å²) in [6.07, 6.45) is 1.78. The number of aromatic nitrogens is 6. The molecule has 1 unspecified atom stereocenters. The van der Waals surface area contributed by atoms with Gasteiger partial charge in [-0.05, 0) is 35.6 Å². The number of aromatic amines is 2. The number of nitrogens with one attached hydrogen (secondary N) is 3. The molecule has 162 valence electrons. The van der Waals surface area contributed by atoms with Crippen molar-refractivity contribution in [2.24, 2.45) is 0 Å². The third-order valence-corrected chi connectivity index (χ3v) is 5.48. The molecule has 0 fully saturated rings. The molecule has 3 N–H and O–H groups in total. The Hall–Kier alpha value is -3.54. The second-order valence-corrected chi connectivity index (χ2v) is 8.98. The first-order valence-corrected chi connectivity index (χ1v) is 10.0. The molecule has 4 aromatic heterocycles. The molecule has 0 bridgehead atoms. The van der Waals surface area contributed by atoms with Gasteiger partial charge < -0.3 is 15.3 Å². The van der Waals surface area contributed by atoms with Crippen molar-refractivity contribution >= 4 is 39.6 Å². The highest BCUT2D eigenvalue weighted by Crippen LogP contribution is 2.36. The van der Waals surface area contributed by atoms with Crippen LogP contribution in [0.1, 0.15) is 23.6 Å². The van der Waals surface area contributed by atoms with Crippen molar-refractivity contribution in [2.75, 3.05) is 5.32 Å². The Morgan fingerprint density at radius 2 is 1.84 bits per heavy atom. The fourth-order valence-electron chi connectivity index (χ4n) is 2.96. The molecule has 9 nitrogen and oxygen atoms in total.